The molecule has 0 heterocycles. The van der Waals surface area contributed by atoms with Gasteiger partial charge in [0.1, 0.15) is 5.75 Å². The lowest BCUT2D eigenvalue weighted by atomic mass is 10.0. The van der Waals surface area contributed by atoms with Crippen molar-refractivity contribution in [2.24, 2.45) is 0 Å². The van der Waals surface area contributed by atoms with Crippen LogP contribution in [-0.4, -0.2) is 25.0 Å². The number of aryl methyl sites for hydroxylation is 3. The Hall–Kier alpha value is -2.62. The number of esters is 1. The highest BCUT2D eigenvalue weighted by molar-refractivity contribution is 5.98. The summed E-state index contributed by atoms with van der Waals surface area (Å²) in [7, 11) is 0. The summed E-state index contributed by atoms with van der Waals surface area (Å²) in [4.78, 5) is 23.9. The van der Waals surface area contributed by atoms with Crippen LogP contribution in [-0.2, 0) is 22.4 Å². The minimum atomic E-state index is -0.429. The lowest BCUT2D eigenvalue weighted by Gasteiger charge is -2.08. The van der Waals surface area contributed by atoms with Crippen LogP contribution in [0.3, 0.4) is 0 Å². The van der Waals surface area contributed by atoms with E-state index in [1.54, 1.807) is 0 Å². The maximum absolute atomic E-state index is 12.2. The smallest absolute Gasteiger partial charge is 0.309 e. The molecule has 1 aliphatic carbocycles. The van der Waals surface area contributed by atoms with E-state index in [4.69, 9.17) is 9.47 Å². The van der Waals surface area contributed by atoms with Crippen molar-refractivity contribution in [3.8, 4) is 5.75 Å². The second kappa shape index (κ2) is 7.97. The fraction of sp³-hybridized carbons (Fsp3) is 0.333. The Morgan fingerprint density at radius 1 is 1.00 bits per heavy atom. The van der Waals surface area contributed by atoms with Gasteiger partial charge in [-0.2, -0.15) is 0 Å². The Bertz CT molecular complexity index is 762. The predicted molar refractivity (Wildman–Crippen MR) is 95.0 cm³/mol. The standard InChI is InChI=1S/C21H22O4/c1-15-5-9-19(10-6-15)24-12-11-21(23)25-14-20(22)18-8-7-16-3-2-4-17(16)13-18/h5-10,13H,2-4,11-12,14H2,1H3. The Morgan fingerprint density at radius 2 is 1.76 bits per heavy atom. The minimum Gasteiger partial charge on any atom is -0.493 e. The first-order valence-electron chi connectivity index (χ1n) is 8.62. The highest BCUT2D eigenvalue weighted by Gasteiger charge is 2.15. The molecule has 0 unspecified atom stereocenters. The average Bonchev–Trinajstić information content (AvgIpc) is 3.09. The van der Waals surface area contributed by atoms with Crippen molar-refractivity contribution >= 4 is 11.8 Å². The zero-order valence-corrected chi connectivity index (χ0v) is 14.4. The highest BCUT2D eigenvalue weighted by Crippen LogP contribution is 2.23. The van der Waals surface area contributed by atoms with E-state index in [9.17, 15) is 9.59 Å². The molecule has 0 radical (unpaired) electrons. The van der Waals surface area contributed by atoms with Crippen LogP contribution in [0.5, 0.6) is 5.75 Å². The van der Waals surface area contributed by atoms with E-state index in [2.05, 4.69) is 0 Å². The van der Waals surface area contributed by atoms with E-state index < -0.39 is 5.97 Å². The average molecular weight is 338 g/mol. The van der Waals surface area contributed by atoms with E-state index in [1.165, 1.54) is 11.1 Å². The summed E-state index contributed by atoms with van der Waals surface area (Å²) >= 11 is 0. The number of carbonyl (C=O) groups is 2. The molecule has 0 aromatic heterocycles. The van der Waals surface area contributed by atoms with E-state index in [0.29, 0.717) is 11.3 Å². The topological polar surface area (TPSA) is 52.6 Å². The first-order chi connectivity index (χ1) is 12.1. The van der Waals surface area contributed by atoms with Crippen molar-refractivity contribution in [1.82, 2.24) is 0 Å². The number of hydrogen-bond donors (Lipinski definition) is 0. The molecule has 130 valence electrons. The molecule has 0 atom stereocenters. The summed E-state index contributed by atoms with van der Waals surface area (Å²) in [6.07, 6.45) is 3.36. The first kappa shape index (κ1) is 17.2. The van der Waals surface area contributed by atoms with Gasteiger partial charge in [-0.1, -0.05) is 29.8 Å². The summed E-state index contributed by atoms with van der Waals surface area (Å²) in [6.45, 7) is 2.01. The van der Waals surface area contributed by atoms with Gasteiger partial charge in [0, 0.05) is 5.56 Å². The number of benzene rings is 2. The van der Waals surface area contributed by atoms with Crippen molar-refractivity contribution in [2.45, 2.75) is 32.6 Å². The molecule has 0 fully saturated rings. The third kappa shape index (κ3) is 4.69. The highest BCUT2D eigenvalue weighted by atomic mass is 16.5. The van der Waals surface area contributed by atoms with Gasteiger partial charge in [0.05, 0.1) is 13.0 Å². The summed E-state index contributed by atoms with van der Waals surface area (Å²) in [5.41, 5.74) is 4.33. The SMILES string of the molecule is Cc1ccc(OCCC(=O)OCC(=O)c2ccc3c(c2)CCC3)cc1. The molecule has 2 aromatic carbocycles. The summed E-state index contributed by atoms with van der Waals surface area (Å²) in [5.74, 6) is 0.122. The minimum absolute atomic E-state index is 0.116. The third-order valence-electron chi connectivity index (χ3n) is 4.38. The molecule has 1 aliphatic rings. The van der Waals surface area contributed by atoms with Gasteiger partial charge in [-0.15, -0.1) is 0 Å². The lowest BCUT2D eigenvalue weighted by molar-refractivity contribution is -0.143. The quantitative estimate of drug-likeness (QED) is 0.571. The van der Waals surface area contributed by atoms with Crippen LogP contribution in [0, 0.1) is 6.92 Å². The maximum Gasteiger partial charge on any atom is 0.309 e. The number of carbonyl (C=O) groups excluding carboxylic acids is 2. The van der Waals surface area contributed by atoms with Gasteiger partial charge in [0.25, 0.3) is 0 Å². The molecule has 2 aromatic rings. The lowest BCUT2D eigenvalue weighted by Crippen LogP contribution is -2.16. The summed E-state index contributed by atoms with van der Waals surface area (Å²) in [5, 5.41) is 0. The van der Waals surface area contributed by atoms with Crippen molar-refractivity contribution in [3.63, 3.8) is 0 Å². The fourth-order valence-corrected chi connectivity index (χ4v) is 2.93. The summed E-state index contributed by atoms with van der Waals surface area (Å²) < 4.78 is 10.6. The van der Waals surface area contributed by atoms with Gasteiger partial charge >= 0.3 is 5.97 Å². The number of rotatable bonds is 7. The van der Waals surface area contributed by atoms with E-state index in [1.807, 2.05) is 49.4 Å². The number of ether oxygens (including phenoxy) is 2. The predicted octanol–water partition coefficient (Wildman–Crippen LogP) is 3.68. The van der Waals surface area contributed by atoms with E-state index in [0.717, 1.165) is 24.8 Å². The molecule has 25 heavy (non-hydrogen) atoms. The molecule has 4 nitrogen and oxygen atoms in total. The number of ketones is 1. The van der Waals surface area contributed by atoms with Crippen molar-refractivity contribution in [2.75, 3.05) is 13.2 Å². The monoisotopic (exact) mass is 338 g/mol. The van der Waals surface area contributed by atoms with E-state index >= 15 is 0 Å². The zero-order valence-electron chi connectivity index (χ0n) is 14.4. The molecule has 0 amide bonds. The van der Waals surface area contributed by atoms with Crippen molar-refractivity contribution in [3.05, 3.63) is 64.7 Å². The number of Topliss-reactive ketones (excluding diaryl/α,β-unsaturated/α-hetero) is 1. The van der Waals surface area contributed by atoms with Crippen molar-refractivity contribution < 1.29 is 19.1 Å². The second-order valence-electron chi connectivity index (χ2n) is 6.33. The van der Waals surface area contributed by atoms with Crippen LogP contribution < -0.4 is 4.74 Å². The molecule has 0 aliphatic heterocycles. The van der Waals surface area contributed by atoms with Gasteiger partial charge in [-0.25, -0.2) is 0 Å². The first-order valence-corrected chi connectivity index (χ1v) is 8.62. The van der Waals surface area contributed by atoms with Crippen LogP contribution in [0.25, 0.3) is 0 Å². The van der Waals surface area contributed by atoms with Gasteiger partial charge in [-0.3, -0.25) is 9.59 Å². The molecule has 0 saturated carbocycles. The van der Waals surface area contributed by atoms with Gasteiger partial charge in [0.2, 0.25) is 0 Å². The van der Waals surface area contributed by atoms with Gasteiger partial charge in [0.15, 0.2) is 12.4 Å². The Morgan fingerprint density at radius 3 is 2.56 bits per heavy atom. The van der Waals surface area contributed by atoms with Crippen LogP contribution in [0.1, 0.15) is 39.9 Å². The van der Waals surface area contributed by atoms with Crippen LogP contribution in [0.15, 0.2) is 42.5 Å². The molecule has 0 N–H and O–H groups in total. The van der Waals surface area contributed by atoms with Crippen LogP contribution in [0.2, 0.25) is 0 Å². The van der Waals surface area contributed by atoms with Crippen LogP contribution >= 0.6 is 0 Å². The largest absolute Gasteiger partial charge is 0.493 e. The number of hydrogen-bond acceptors (Lipinski definition) is 4. The zero-order chi connectivity index (χ0) is 17.6. The molecular formula is C21H22O4. The number of fused-ring (bicyclic) bond motifs is 1. The molecule has 3 rings (SSSR count). The summed E-state index contributed by atoms with van der Waals surface area (Å²) in [6, 6.07) is 13.4. The van der Waals surface area contributed by atoms with Gasteiger partial charge in [-0.05, 0) is 55.5 Å². The van der Waals surface area contributed by atoms with Crippen LogP contribution in [0.4, 0.5) is 0 Å². The molecular weight excluding hydrogens is 316 g/mol. The normalized spacial score (nSPS) is 12.5. The van der Waals surface area contributed by atoms with Gasteiger partial charge < -0.3 is 9.47 Å². The molecule has 0 saturated heterocycles. The Kier molecular flexibility index (Phi) is 5.49. The molecule has 4 heteroatoms. The van der Waals surface area contributed by atoms with E-state index in [-0.39, 0.29) is 25.4 Å². The third-order valence-corrected chi connectivity index (χ3v) is 4.38. The second-order valence-corrected chi connectivity index (χ2v) is 6.33. The molecule has 0 spiro atoms. The molecule has 0 bridgehead atoms. The maximum atomic E-state index is 12.2. The Balaban J connectivity index is 1.41. The fourth-order valence-electron chi connectivity index (χ4n) is 2.93. The Labute approximate surface area is 147 Å². The van der Waals surface area contributed by atoms with Crippen molar-refractivity contribution in [1.29, 1.82) is 0 Å².